The van der Waals surface area contributed by atoms with E-state index in [4.69, 9.17) is 0 Å². The smallest absolute Gasteiger partial charge is 0.255 e. The highest BCUT2D eigenvalue weighted by Gasteiger charge is 2.12. The maximum absolute atomic E-state index is 12.5. The van der Waals surface area contributed by atoms with Gasteiger partial charge in [-0.05, 0) is 44.2 Å². The van der Waals surface area contributed by atoms with Crippen LogP contribution in [0, 0.1) is 13.8 Å². The summed E-state index contributed by atoms with van der Waals surface area (Å²) in [6.45, 7) is 3.98. The van der Waals surface area contributed by atoms with Crippen LogP contribution in [-0.4, -0.2) is 22.6 Å². The number of hydrogen-bond donors (Lipinski definition) is 2. The van der Waals surface area contributed by atoms with Crippen molar-refractivity contribution in [3.63, 3.8) is 0 Å². The van der Waals surface area contributed by atoms with E-state index in [1.807, 2.05) is 80.6 Å². The largest absolute Gasteiger partial charge is 0.322 e. The Morgan fingerprint density at radius 2 is 1.67 bits per heavy atom. The highest BCUT2D eigenvalue weighted by molar-refractivity contribution is 8.00. The summed E-state index contributed by atoms with van der Waals surface area (Å²) in [7, 11) is 0. The van der Waals surface area contributed by atoms with Crippen molar-refractivity contribution < 1.29 is 9.59 Å². The van der Waals surface area contributed by atoms with E-state index >= 15 is 0 Å². The zero-order chi connectivity index (χ0) is 23.2. The Balaban J connectivity index is 1.33. The van der Waals surface area contributed by atoms with Gasteiger partial charge in [-0.1, -0.05) is 54.1 Å². The number of aryl methyl sites for hydroxylation is 2. The Labute approximate surface area is 201 Å². The Bertz CT molecular complexity index is 1270. The molecule has 0 atom stereocenters. The molecule has 0 bridgehead atoms. The molecule has 0 saturated carbocycles. The average molecular weight is 474 g/mol. The van der Waals surface area contributed by atoms with E-state index in [9.17, 15) is 9.59 Å². The number of carbonyl (C=O) groups is 2. The third kappa shape index (κ3) is 6.09. The SMILES string of the molecule is Cc1ccc(C(=O)Nc2cccc(SCC(=O)Nc3nc(-c4ccccc4)c(C)s3)c2)cc1. The van der Waals surface area contributed by atoms with E-state index in [0.717, 1.165) is 26.6 Å². The molecule has 0 saturated heterocycles. The second kappa shape index (κ2) is 10.5. The minimum atomic E-state index is -0.164. The number of carbonyl (C=O) groups excluding carboxylic acids is 2. The van der Waals surface area contributed by atoms with E-state index in [1.54, 1.807) is 12.1 Å². The van der Waals surface area contributed by atoms with Crippen LogP contribution in [0.15, 0.2) is 83.8 Å². The molecule has 1 aromatic heterocycles. The molecule has 7 heteroatoms. The van der Waals surface area contributed by atoms with Gasteiger partial charge in [-0.15, -0.1) is 23.1 Å². The minimum Gasteiger partial charge on any atom is -0.322 e. The molecule has 166 valence electrons. The number of hydrogen-bond acceptors (Lipinski definition) is 5. The van der Waals surface area contributed by atoms with Gasteiger partial charge in [0.15, 0.2) is 5.13 Å². The fourth-order valence-electron chi connectivity index (χ4n) is 3.19. The first-order valence-electron chi connectivity index (χ1n) is 10.4. The summed E-state index contributed by atoms with van der Waals surface area (Å²) in [5.41, 5.74) is 4.32. The van der Waals surface area contributed by atoms with Crippen LogP contribution >= 0.6 is 23.1 Å². The first-order chi connectivity index (χ1) is 16.0. The summed E-state index contributed by atoms with van der Waals surface area (Å²) in [5.74, 6) is -0.0417. The van der Waals surface area contributed by atoms with Gasteiger partial charge in [0.25, 0.3) is 5.91 Å². The van der Waals surface area contributed by atoms with Crippen molar-refractivity contribution in [2.45, 2.75) is 18.7 Å². The number of nitrogens with zero attached hydrogens (tertiary/aromatic N) is 1. The number of thioether (sulfide) groups is 1. The Morgan fingerprint density at radius 3 is 2.42 bits per heavy atom. The lowest BCUT2D eigenvalue weighted by atomic mass is 10.1. The molecular formula is C26H23N3O2S2. The van der Waals surface area contributed by atoms with E-state index in [0.29, 0.717) is 16.4 Å². The van der Waals surface area contributed by atoms with Crippen LogP contribution in [0.25, 0.3) is 11.3 Å². The van der Waals surface area contributed by atoms with Gasteiger partial charge in [-0.2, -0.15) is 0 Å². The van der Waals surface area contributed by atoms with Crippen molar-refractivity contribution in [3.05, 3.63) is 94.9 Å². The quantitative estimate of drug-likeness (QED) is 0.304. The number of anilines is 2. The lowest BCUT2D eigenvalue weighted by Gasteiger charge is -2.08. The number of amides is 2. The summed E-state index contributed by atoms with van der Waals surface area (Å²) in [4.78, 5) is 31.5. The highest BCUT2D eigenvalue weighted by atomic mass is 32.2. The van der Waals surface area contributed by atoms with Gasteiger partial charge in [-0.3, -0.25) is 9.59 Å². The molecule has 4 rings (SSSR count). The summed E-state index contributed by atoms with van der Waals surface area (Å²) in [6.07, 6.45) is 0. The van der Waals surface area contributed by atoms with Gasteiger partial charge in [0.05, 0.1) is 11.4 Å². The summed E-state index contributed by atoms with van der Waals surface area (Å²) >= 11 is 2.88. The molecule has 0 spiro atoms. The lowest BCUT2D eigenvalue weighted by Crippen LogP contribution is -2.14. The lowest BCUT2D eigenvalue weighted by molar-refractivity contribution is -0.113. The number of thiazole rings is 1. The van der Waals surface area contributed by atoms with Crippen LogP contribution in [0.4, 0.5) is 10.8 Å². The highest BCUT2D eigenvalue weighted by Crippen LogP contribution is 2.30. The van der Waals surface area contributed by atoms with E-state index < -0.39 is 0 Å². The van der Waals surface area contributed by atoms with Crippen LogP contribution in [0.2, 0.25) is 0 Å². The molecule has 33 heavy (non-hydrogen) atoms. The minimum absolute atomic E-state index is 0.123. The molecule has 0 radical (unpaired) electrons. The Hall–Kier alpha value is -3.42. The van der Waals surface area contributed by atoms with Crippen molar-refractivity contribution in [3.8, 4) is 11.3 Å². The standard InChI is InChI=1S/C26H23N3O2S2/c1-17-11-13-20(14-12-17)25(31)27-21-9-6-10-22(15-21)32-16-23(30)28-26-29-24(18(2)33-26)19-7-4-3-5-8-19/h3-15H,16H2,1-2H3,(H,27,31)(H,28,29,30). The van der Waals surface area contributed by atoms with Crippen LogP contribution in [-0.2, 0) is 4.79 Å². The van der Waals surface area contributed by atoms with Gasteiger partial charge in [0, 0.05) is 26.6 Å². The fraction of sp³-hybridized carbons (Fsp3) is 0.115. The predicted octanol–water partition coefficient (Wildman–Crippen LogP) is 6.41. The third-order valence-corrected chi connectivity index (χ3v) is 6.75. The maximum atomic E-state index is 12.5. The van der Waals surface area contributed by atoms with Crippen LogP contribution in [0.3, 0.4) is 0 Å². The number of aromatic nitrogens is 1. The maximum Gasteiger partial charge on any atom is 0.255 e. The monoisotopic (exact) mass is 473 g/mol. The Morgan fingerprint density at radius 1 is 0.909 bits per heavy atom. The molecule has 0 unspecified atom stereocenters. The van der Waals surface area contributed by atoms with Gasteiger partial charge in [0.1, 0.15) is 0 Å². The van der Waals surface area contributed by atoms with Crippen LogP contribution in [0.5, 0.6) is 0 Å². The zero-order valence-corrected chi connectivity index (χ0v) is 19.9. The second-order valence-electron chi connectivity index (χ2n) is 7.47. The van der Waals surface area contributed by atoms with E-state index in [-0.39, 0.29) is 17.6 Å². The Kier molecular flexibility index (Phi) is 7.22. The normalized spacial score (nSPS) is 10.6. The molecule has 3 aromatic carbocycles. The van der Waals surface area contributed by atoms with Crippen molar-refractivity contribution in [2.24, 2.45) is 0 Å². The topological polar surface area (TPSA) is 71.1 Å². The van der Waals surface area contributed by atoms with Crippen LogP contribution in [0.1, 0.15) is 20.8 Å². The van der Waals surface area contributed by atoms with Crippen molar-refractivity contribution in [1.29, 1.82) is 0 Å². The summed E-state index contributed by atoms with van der Waals surface area (Å²) in [5, 5.41) is 6.40. The number of nitrogens with one attached hydrogen (secondary N) is 2. The van der Waals surface area contributed by atoms with Gasteiger partial charge in [0.2, 0.25) is 5.91 Å². The van der Waals surface area contributed by atoms with Gasteiger partial charge < -0.3 is 10.6 Å². The molecule has 2 amide bonds. The van der Waals surface area contributed by atoms with Gasteiger partial charge >= 0.3 is 0 Å². The number of benzene rings is 3. The van der Waals surface area contributed by atoms with Gasteiger partial charge in [-0.25, -0.2) is 4.98 Å². The molecule has 1 heterocycles. The van der Waals surface area contributed by atoms with Crippen molar-refractivity contribution in [1.82, 2.24) is 4.98 Å². The molecule has 5 nitrogen and oxygen atoms in total. The van der Waals surface area contributed by atoms with Crippen molar-refractivity contribution >= 4 is 45.7 Å². The van der Waals surface area contributed by atoms with E-state index in [1.165, 1.54) is 23.1 Å². The van der Waals surface area contributed by atoms with E-state index in [2.05, 4.69) is 15.6 Å². The molecule has 0 fully saturated rings. The average Bonchev–Trinajstić information content (AvgIpc) is 3.18. The summed E-state index contributed by atoms with van der Waals surface area (Å²) < 4.78 is 0. The first-order valence-corrected chi connectivity index (χ1v) is 12.2. The molecular weight excluding hydrogens is 450 g/mol. The number of rotatable bonds is 7. The third-order valence-electron chi connectivity index (χ3n) is 4.87. The fourth-order valence-corrected chi connectivity index (χ4v) is 4.80. The molecule has 4 aromatic rings. The zero-order valence-electron chi connectivity index (χ0n) is 18.3. The molecule has 0 aliphatic carbocycles. The molecule has 0 aliphatic heterocycles. The predicted molar refractivity (Wildman–Crippen MR) is 137 cm³/mol. The van der Waals surface area contributed by atoms with Crippen LogP contribution < -0.4 is 10.6 Å². The molecule has 2 N–H and O–H groups in total. The summed E-state index contributed by atoms with van der Waals surface area (Å²) in [6, 6.07) is 24.8. The first kappa shape index (κ1) is 22.8. The molecule has 0 aliphatic rings. The van der Waals surface area contributed by atoms with Crippen molar-refractivity contribution in [2.75, 3.05) is 16.4 Å². The second-order valence-corrected chi connectivity index (χ2v) is 9.73.